The highest BCUT2D eigenvalue weighted by Crippen LogP contribution is 2.40. The van der Waals surface area contributed by atoms with Crippen LogP contribution in [-0.2, 0) is 17.9 Å². The minimum Gasteiger partial charge on any atom is -0.398 e. The lowest BCUT2D eigenvalue weighted by Crippen LogP contribution is -2.52. The van der Waals surface area contributed by atoms with Crippen molar-refractivity contribution in [2.24, 2.45) is 0 Å². The number of carbonyl (C=O) groups is 1. The van der Waals surface area contributed by atoms with Gasteiger partial charge >= 0.3 is 0 Å². The lowest BCUT2D eigenvalue weighted by molar-refractivity contribution is -0.131. The maximum absolute atomic E-state index is 11.5. The first kappa shape index (κ1) is 17.8. The summed E-state index contributed by atoms with van der Waals surface area (Å²) in [5.41, 5.74) is 11.6. The summed E-state index contributed by atoms with van der Waals surface area (Å²) in [7, 11) is 2.18. The molecule has 1 amide bonds. The van der Waals surface area contributed by atoms with Crippen molar-refractivity contribution in [2.75, 3.05) is 39.0 Å². The van der Waals surface area contributed by atoms with Gasteiger partial charge in [0.1, 0.15) is 0 Å². The van der Waals surface area contributed by atoms with Gasteiger partial charge in [-0.25, -0.2) is 0 Å². The zero-order chi connectivity index (χ0) is 18.3. The molecule has 0 bridgehead atoms. The largest absolute Gasteiger partial charge is 0.398 e. The lowest BCUT2D eigenvalue weighted by Gasteiger charge is -2.42. The molecule has 0 spiro atoms. The molecule has 1 aliphatic carbocycles. The molecular weight excluding hydrogens is 324 g/mol. The van der Waals surface area contributed by atoms with Crippen LogP contribution >= 0.6 is 0 Å². The minimum atomic E-state index is 0.218. The molecule has 0 atom stereocenters. The number of rotatable bonds is 2. The minimum absolute atomic E-state index is 0.218. The van der Waals surface area contributed by atoms with Gasteiger partial charge in [0.2, 0.25) is 5.91 Å². The fourth-order valence-corrected chi connectivity index (χ4v) is 5.23. The van der Waals surface area contributed by atoms with Crippen molar-refractivity contribution in [3.05, 3.63) is 28.8 Å². The maximum Gasteiger partial charge on any atom is 0.219 e. The van der Waals surface area contributed by atoms with E-state index in [0.717, 1.165) is 45.0 Å². The SMILES string of the molecule is CC(=O)N1CCN(C2CCC(c3ccc(N)c4c3CN(C)C4)CC2)CC1. The van der Waals surface area contributed by atoms with Crippen molar-refractivity contribution in [3.8, 4) is 0 Å². The Kier molecular flexibility index (Phi) is 4.93. The van der Waals surface area contributed by atoms with Crippen LogP contribution in [0.3, 0.4) is 0 Å². The van der Waals surface area contributed by atoms with Crippen LogP contribution in [-0.4, -0.2) is 59.9 Å². The molecule has 2 aliphatic heterocycles. The van der Waals surface area contributed by atoms with Crippen LogP contribution in [0.15, 0.2) is 12.1 Å². The summed E-state index contributed by atoms with van der Waals surface area (Å²) >= 11 is 0. The number of nitrogens with zero attached hydrogens (tertiary/aromatic N) is 3. The van der Waals surface area contributed by atoms with Gasteiger partial charge in [0.05, 0.1) is 0 Å². The number of piperazine rings is 1. The second-order valence-electron chi connectivity index (χ2n) is 8.42. The van der Waals surface area contributed by atoms with E-state index < -0.39 is 0 Å². The highest BCUT2D eigenvalue weighted by molar-refractivity contribution is 5.73. The summed E-state index contributed by atoms with van der Waals surface area (Å²) in [6.07, 6.45) is 5.11. The summed E-state index contributed by atoms with van der Waals surface area (Å²) in [6.45, 7) is 7.59. The predicted molar refractivity (Wildman–Crippen MR) is 105 cm³/mol. The van der Waals surface area contributed by atoms with E-state index in [1.54, 1.807) is 12.5 Å². The predicted octanol–water partition coefficient (Wildman–Crippen LogP) is 2.40. The number of anilines is 1. The molecule has 0 radical (unpaired) electrons. The Morgan fingerprint density at radius 3 is 2.31 bits per heavy atom. The average molecular weight is 357 g/mol. The third-order valence-electron chi connectivity index (χ3n) is 6.77. The van der Waals surface area contributed by atoms with E-state index in [-0.39, 0.29) is 5.91 Å². The number of carbonyl (C=O) groups excluding carboxylic acids is 1. The van der Waals surface area contributed by atoms with Gasteiger partial charge in [0.25, 0.3) is 0 Å². The first-order valence-electron chi connectivity index (χ1n) is 10.1. The van der Waals surface area contributed by atoms with Crippen LogP contribution in [0, 0.1) is 0 Å². The number of fused-ring (bicyclic) bond motifs is 1. The molecule has 0 aromatic heterocycles. The van der Waals surface area contributed by atoms with Gasteiger partial charge in [0, 0.05) is 57.9 Å². The third kappa shape index (κ3) is 3.35. The van der Waals surface area contributed by atoms with Gasteiger partial charge in [0.15, 0.2) is 0 Å². The van der Waals surface area contributed by atoms with Crippen LogP contribution in [0.4, 0.5) is 5.69 Å². The smallest absolute Gasteiger partial charge is 0.219 e. The molecule has 5 nitrogen and oxygen atoms in total. The van der Waals surface area contributed by atoms with Crippen LogP contribution in [0.25, 0.3) is 0 Å². The molecule has 4 rings (SSSR count). The van der Waals surface area contributed by atoms with Crippen molar-refractivity contribution in [3.63, 3.8) is 0 Å². The van der Waals surface area contributed by atoms with Crippen molar-refractivity contribution < 1.29 is 4.79 Å². The summed E-state index contributed by atoms with van der Waals surface area (Å²) in [4.78, 5) is 18.5. The zero-order valence-electron chi connectivity index (χ0n) is 16.2. The molecule has 26 heavy (non-hydrogen) atoms. The average Bonchev–Trinajstić information content (AvgIpc) is 3.05. The fourth-order valence-electron chi connectivity index (χ4n) is 5.23. The summed E-state index contributed by atoms with van der Waals surface area (Å²) in [5.74, 6) is 0.904. The van der Waals surface area contributed by atoms with E-state index in [9.17, 15) is 4.79 Å². The topological polar surface area (TPSA) is 52.8 Å². The zero-order valence-corrected chi connectivity index (χ0v) is 16.2. The Hall–Kier alpha value is -1.59. The Morgan fingerprint density at radius 1 is 1.00 bits per heavy atom. The van der Waals surface area contributed by atoms with E-state index in [2.05, 4.69) is 29.0 Å². The molecule has 5 heteroatoms. The number of benzene rings is 1. The maximum atomic E-state index is 11.5. The second-order valence-corrected chi connectivity index (χ2v) is 8.42. The van der Waals surface area contributed by atoms with Crippen LogP contribution in [0.1, 0.15) is 55.2 Å². The standard InChI is InChI=1S/C21H32N4O/c1-15(26)24-9-11-25(12-10-24)17-5-3-16(4-6-17)18-7-8-21(22)20-14-23(2)13-19(18)20/h7-8,16-17H,3-6,9-14,22H2,1-2H3. The molecule has 2 fully saturated rings. The van der Waals surface area contributed by atoms with Crippen LogP contribution in [0.2, 0.25) is 0 Å². The first-order chi connectivity index (χ1) is 12.5. The van der Waals surface area contributed by atoms with Gasteiger partial charge < -0.3 is 10.6 Å². The molecule has 1 saturated carbocycles. The van der Waals surface area contributed by atoms with Gasteiger partial charge in [-0.1, -0.05) is 6.07 Å². The third-order valence-corrected chi connectivity index (χ3v) is 6.77. The van der Waals surface area contributed by atoms with Gasteiger partial charge in [-0.15, -0.1) is 0 Å². The van der Waals surface area contributed by atoms with Gasteiger partial charge in [-0.05, 0) is 61.4 Å². The number of hydrogen-bond acceptors (Lipinski definition) is 4. The normalized spacial score (nSPS) is 27.5. The summed E-state index contributed by atoms with van der Waals surface area (Å²) in [5, 5.41) is 0. The van der Waals surface area contributed by atoms with Crippen molar-refractivity contribution >= 4 is 11.6 Å². The van der Waals surface area contributed by atoms with Crippen LogP contribution in [0.5, 0.6) is 0 Å². The Balaban J connectivity index is 1.38. The summed E-state index contributed by atoms with van der Waals surface area (Å²) < 4.78 is 0. The van der Waals surface area contributed by atoms with Gasteiger partial charge in [-0.3, -0.25) is 14.6 Å². The Morgan fingerprint density at radius 2 is 1.65 bits per heavy atom. The van der Waals surface area contributed by atoms with E-state index in [4.69, 9.17) is 5.73 Å². The summed E-state index contributed by atoms with van der Waals surface area (Å²) in [6, 6.07) is 5.12. The second kappa shape index (κ2) is 7.20. The van der Waals surface area contributed by atoms with Gasteiger partial charge in [-0.2, -0.15) is 0 Å². The van der Waals surface area contributed by atoms with Crippen molar-refractivity contribution in [2.45, 2.75) is 57.7 Å². The number of hydrogen-bond donors (Lipinski definition) is 1. The molecule has 142 valence electrons. The lowest BCUT2D eigenvalue weighted by atomic mass is 9.79. The van der Waals surface area contributed by atoms with E-state index in [1.807, 2.05) is 4.90 Å². The number of nitrogen functional groups attached to an aromatic ring is 1. The van der Waals surface area contributed by atoms with E-state index >= 15 is 0 Å². The van der Waals surface area contributed by atoms with Crippen molar-refractivity contribution in [1.29, 1.82) is 0 Å². The monoisotopic (exact) mass is 356 g/mol. The Bertz CT molecular complexity index is 673. The van der Waals surface area contributed by atoms with Crippen molar-refractivity contribution in [1.82, 2.24) is 14.7 Å². The molecule has 1 aromatic rings. The molecule has 1 saturated heterocycles. The quantitative estimate of drug-likeness (QED) is 0.827. The molecule has 2 heterocycles. The van der Waals surface area contributed by atoms with Crippen LogP contribution < -0.4 is 5.73 Å². The highest BCUT2D eigenvalue weighted by atomic mass is 16.2. The molecule has 0 unspecified atom stereocenters. The van der Waals surface area contributed by atoms with E-state index in [1.165, 1.54) is 36.8 Å². The molecule has 2 N–H and O–H groups in total. The highest BCUT2D eigenvalue weighted by Gasteiger charge is 2.31. The molecular formula is C21H32N4O. The van der Waals surface area contributed by atoms with E-state index in [0.29, 0.717) is 12.0 Å². The number of nitrogens with two attached hydrogens (primary N) is 1. The molecule has 3 aliphatic rings. The number of amides is 1. The first-order valence-corrected chi connectivity index (χ1v) is 10.1. The molecule has 1 aromatic carbocycles. The fraction of sp³-hybridized carbons (Fsp3) is 0.667. The Labute approximate surface area is 157 Å².